The number of benzene rings is 1. The molecule has 3 atom stereocenters. The Bertz CT molecular complexity index is 529. The Morgan fingerprint density at radius 1 is 1.30 bits per heavy atom. The smallest absolute Gasteiger partial charge is 0.0144 e. The lowest BCUT2D eigenvalue weighted by Gasteiger charge is -2.56. The van der Waals surface area contributed by atoms with Gasteiger partial charge in [0.25, 0.3) is 0 Å². The van der Waals surface area contributed by atoms with Crippen molar-refractivity contribution in [2.75, 3.05) is 6.54 Å². The van der Waals surface area contributed by atoms with Crippen molar-refractivity contribution in [3.63, 3.8) is 0 Å². The van der Waals surface area contributed by atoms with Crippen LogP contribution in [0.3, 0.4) is 0 Å². The van der Waals surface area contributed by atoms with Gasteiger partial charge in [0.2, 0.25) is 0 Å². The molecule has 1 nitrogen and oxygen atoms in total. The Hall–Kier alpha value is -1.08. The maximum Gasteiger partial charge on any atom is 0.0144 e. The normalized spacial score (nSPS) is 35.0. The zero-order valence-corrected chi connectivity index (χ0v) is 12.3. The summed E-state index contributed by atoms with van der Waals surface area (Å²) >= 11 is 0. The number of allylic oxidation sites excluding steroid dienone is 1. The predicted octanol–water partition coefficient (Wildman–Crippen LogP) is 3.76. The van der Waals surface area contributed by atoms with Crippen molar-refractivity contribution in [3.05, 3.63) is 47.5 Å². The van der Waals surface area contributed by atoms with Crippen molar-refractivity contribution in [2.24, 2.45) is 5.92 Å². The maximum atomic E-state index is 3.94. The van der Waals surface area contributed by atoms with Crippen molar-refractivity contribution in [1.29, 1.82) is 0 Å². The van der Waals surface area contributed by atoms with Gasteiger partial charge in [-0.15, -0.1) is 6.58 Å². The fourth-order valence-corrected chi connectivity index (χ4v) is 5.38. The highest BCUT2D eigenvalue weighted by atomic mass is 15.0. The highest BCUT2D eigenvalue weighted by Gasteiger charge is 2.51. The molecule has 106 valence electrons. The number of piperidine rings is 1. The molecule has 0 amide bonds. The van der Waals surface area contributed by atoms with Gasteiger partial charge < -0.3 is 5.32 Å². The fraction of sp³-hybridized carbons (Fsp3) is 0.579. The average molecular weight is 267 g/mol. The van der Waals surface area contributed by atoms with Crippen LogP contribution in [0.4, 0.5) is 0 Å². The molecular formula is C19H25N. The van der Waals surface area contributed by atoms with E-state index in [4.69, 9.17) is 0 Å². The Balaban J connectivity index is 1.88. The SMILES string of the molecule is C=CCc1cccc2c1C[C@H]1NCC[C@@]23CCCC[C@@H]13. The molecule has 1 heterocycles. The van der Waals surface area contributed by atoms with Gasteiger partial charge in [-0.05, 0) is 61.3 Å². The molecule has 0 radical (unpaired) electrons. The van der Waals surface area contributed by atoms with Gasteiger partial charge in [-0.1, -0.05) is 37.1 Å². The molecule has 2 bridgehead atoms. The van der Waals surface area contributed by atoms with Gasteiger partial charge in [0.05, 0.1) is 0 Å². The molecule has 0 aromatic heterocycles. The fourth-order valence-electron chi connectivity index (χ4n) is 5.38. The zero-order chi connectivity index (χ0) is 13.6. The topological polar surface area (TPSA) is 12.0 Å². The second kappa shape index (κ2) is 4.73. The largest absolute Gasteiger partial charge is 0.313 e. The third-order valence-electron chi connectivity index (χ3n) is 6.16. The molecule has 20 heavy (non-hydrogen) atoms. The molecule has 1 aliphatic heterocycles. The summed E-state index contributed by atoms with van der Waals surface area (Å²) in [5, 5.41) is 3.83. The van der Waals surface area contributed by atoms with Crippen molar-refractivity contribution < 1.29 is 0 Å². The van der Waals surface area contributed by atoms with Gasteiger partial charge in [-0.2, -0.15) is 0 Å². The van der Waals surface area contributed by atoms with Crippen LogP contribution in [-0.2, 0) is 18.3 Å². The predicted molar refractivity (Wildman–Crippen MR) is 84.1 cm³/mol. The summed E-state index contributed by atoms with van der Waals surface area (Å²) in [5.74, 6) is 0.886. The van der Waals surface area contributed by atoms with E-state index in [2.05, 4.69) is 36.2 Å². The van der Waals surface area contributed by atoms with E-state index in [1.54, 1.807) is 11.1 Å². The summed E-state index contributed by atoms with van der Waals surface area (Å²) < 4.78 is 0. The van der Waals surface area contributed by atoms with Gasteiger partial charge in [-0.25, -0.2) is 0 Å². The van der Waals surface area contributed by atoms with Crippen LogP contribution in [0, 0.1) is 5.92 Å². The van der Waals surface area contributed by atoms with Crippen LogP contribution in [-0.4, -0.2) is 12.6 Å². The third-order valence-corrected chi connectivity index (χ3v) is 6.16. The number of hydrogen-bond acceptors (Lipinski definition) is 1. The van der Waals surface area contributed by atoms with Gasteiger partial charge in [-0.3, -0.25) is 0 Å². The van der Waals surface area contributed by atoms with Crippen LogP contribution < -0.4 is 5.32 Å². The van der Waals surface area contributed by atoms with Crippen LogP contribution in [0.1, 0.15) is 48.8 Å². The van der Waals surface area contributed by atoms with Gasteiger partial charge >= 0.3 is 0 Å². The molecule has 1 aromatic rings. The van der Waals surface area contributed by atoms with Gasteiger partial charge in [0.1, 0.15) is 0 Å². The molecule has 4 rings (SSSR count). The first-order chi connectivity index (χ1) is 9.85. The Morgan fingerprint density at radius 3 is 3.15 bits per heavy atom. The standard InChI is InChI=1S/C19H25N/c1-2-6-14-7-5-9-16-15(14)13-18-17-8-3-4-10-19(16,17)11-12-20-18/h2,5,7,9,17-18,20H,1,3-4,6,8,10-13H2/t17-,18+,19-/m0/s1. The molecule has 2 aliphatic carbocycles. The Labute approximate surface area is 122 Å². The molecule has 1 N–H and O–H groups in total. The average Bonchev–Trinajstić information content (AvgIpc) is 2.48. The lowest BCUT2D eigenvalue weighted by Crippen LogP contribution is -2.59. The lowest BCUT2D eigenvalue weighted by molar-refractivity contribution is 0.0795. The minimum absolute atomic E-state index is 0.499. The minimum Gasteiger partial charge on any atom is -0.313 e. The summed E-state index contributed by atoms with van der Waals surface area (Å²) in [7, 11) is 0. The number of fused-ring (bicyclic) bond motifs is 1. The van der Waals surface area contributed by atoms with E-state index in [0.717, 1.165) is 18.4 Å². The molecule has 1 saturated heterocycles. The molecule has 2 fully saturated rings. The highest BCUT2D eigenvalue weighted by molar-refractivity contribution is 5.46. The van der Waals surface area contributed by atoms with E-state index >= 15 is 0 Å². The Kier molecular flexibility index (Phi) is 2.99. The van der Waals surface area contributed by atoms with Gasteiger partial charge in [0, 0.05) is 11.5 Å². The van der Waals surface area contributed by atoms with Crippen LogP contribution in [0.2, 0.25) is 0 Å². The number of nitrogens with one attached hydrogen (secondary N) is 1. The van der Waals surface area contributed by atoms with Crippen molar-refractivity contribution in [3.8, 4) is 0 Å². The summed E-state index contributed by atoms with van der Waals surface area (Å²) in [6.45, 7) is 5.16. The van der Waals surface area contributed by atoms with E-state index in [0.29, 0.717) is 5.41 Å². The van der Waals surface area contributed by atoms with E-state index in [9.17, 15) is 0 Å². The molecule has 0 unspecified atom stereocenters. The molecular weight excluding hydrogens is 242 g/mol. The Morgan fingerprint density at radius 2 is 2.25 bits per heavy atom. The second-order valence-electron chi connectivity index (χ2n) is 6.96. The van der Waals surface area contributed by atoms with E-state index in [-0.39, 0.29) is 0 Å². The van der Waals surface area contributed by atoms with Crippen LogP contribution >= 0.6 is 0 Å². The third kappa shape index (κ3) is 1.65. The van der Waals surface area contributed by atoms with Crippen molar-refractivity contribution in [2.45, 2.75) is 56.4 Å². The zero-order valence-electron chi connectivity index (χ0n) is 12.3. The first-order valence-electron chi connectivity index (χ1n) is 8.31. The molecule has 1 saturated carbocycles. The van der Waals surface area contributed by atoms with Crippen molar-refractivity contribution >= 4 is 0 Å². The van der Waals surface area contributed by atoms with E-state index in [1.807, 2.05) is 0 Å². The van der Waals surface area contributed by atoms with E-state index in [1.165, 1.54) is 50.6 Å². The van der Waals surface area contributed by atoms with Crippen LogP contribution in [0.15, 0.2) is 30.9 Å². The van der Waals surface area contributed by atoms with Crippen LogP contribution in [0.25, 0.3) is 0 Å². The quantitative estimate of drug-likeness (QED) is 0.805. The first-order valence-corrected chi connectivity index (χ1v) is 8.31. The number of rotatable bonds is 2. The minimum atomic E-state index is 0.499. The second-order valence-corrected chi connectivity index (χ2v) is 6.96. The number of hydrogen-bond donors (Lipinski definition) is 1. The summed E-state index contributed by atoms with van der Waals surface area (Å²) in [6.07, 6.45) is 11.4. The molecule has 3 aliphatic rings. The highest BCUT2D eigenvalue weighted by Crippen LogP contribution is 2.54. The van der Waals surface area contributed by atoms with Gasteiger partial charge in [0.15, 0.2) is 0 Å². The molecule has 1 aromatic carbocycles. The lowest BCUT2D eigenvalue weighted by atomic mass is 9.52. The summed E-state index contributed by atoms with van der Waals surface area (Å²) in [4.78, 5) is 0. The van der Waals surface area contributed by atoms with Crippen LogP contribution in [0.5, 0.6) is 0 Å². The first kappa shape index (κ1) is 12.6. The monoisotopic (exact) mass is 267 g/mol. The summed E-state index contributed by atoms with van der Waals surface area (Å²) in [5.41, 5.74) is 5.38. The molecule has 0 spiro atoms. The summed E-state index contributed by atoms with van der Waals surface area (Å²) in [6, 6.07) is 7.78. The van der Waals surface area contributed by atoms with Crippen molar-refractivity contribution in [1.82, 2.24) is 5.32 Å². The maximum absolute atomic E-state index is 3.94. The molecule has 1 heteroatoms. The van der Waals surface area contributed by atoms with E-state index < -0.39 is 0 Å².